The van der Waals surface area contributed by atoms with Crippen molar-refractivity contribution in [2.75, 3.05) is 26.2 Å². The average Bonchev–Trinajstić information content (AvgIpc) is 2.81. The van der Waals surface area contributed by atoms with E-state index in [1.54, 1.807) is 18.2 Å². The topological polar surface area (TPSA) is 23.6 Å². The first-order chi connectivity index (χ1) is 11.6. The highest BCUT2D eigenvalue weighted by Crippen LogP contribution is 2.26. The van der Waals surface area contributed by atoms with Gasteiger partial charge in [0.05, 0.1) is 15.6 Å². The molecule has 2 aromatic rings. The number of carbonyl (C=O) groups excluding carboxylic acids is 1. The maximum atomic E-state index is 12.8. The molecular formula is C19H20Cl2N2O. The lowest BCUT2D eigenvalue weighted by atomic mass is 10.2. The Balaban J connectivity index is 1.66. The van der Waals surface area contributed by atoms with E-state index in [9.17, 15) is 4.79 Å². The van der Waals surface area contributed by atoms with Crippen molar-refractivity contribution in [1.82, 2.24) is 9.80 Å². The lowest BCUT2D eigenvalue weighted by molar-refractivity contribution is 0.0761. The molecule has 1 aliphatic rings. The van der Waals surface area contributed by atoms with Gasteiger partial charge < -0.3 is 4.90 Å². The summed E-state index contributed by atoms with van der Waals surface area (Å²) in [6.45, 7) is 4.16. The van der Waals surface area contributed by atoms with Crippen LogP contribution in [0.5, 0.6) is 0 Å². The van der Waals surface area contributed by atoms with Crippen LogP contribution in [0.3, 0.4) is 0 Å². The van der Waals surface area contributed by atoms with Gasteiger partial charge in [0.2, 0.25) is 0 Å². The number of benzene rings is 2. The average molecular weight is 363 g/mol. The molecule has 3 nitrogen and oxygen atoms in total. The van der Waals surface area contributed by atoms with Gasteiger partial charge in [-0.1, -0.05) is 59.6 Å². The Kier molecular flexibility index (Phi) is 5.77. The Labute approximate surface area is 152 Å². The molecule has 24 heavy (non-hydrogen) atoms. The molecule has 0 N–H and O–H groups in total. The van der Waals surface area contributed by atoms with Gasteiger partial charge in [-0.2, -0.15) is 0 Å². The van der Waals surface area contributed by atoms with Crippen molar-refractivity contribution in [1.29, 1.82) is 0 Å². The minimum atomic E-state index is -0.0767. The van der Waals surface area contributed by atoms with Crippen molar-refractivity contribution in [3.05, 3.63) is 69.7 Å². The van der Waals surface area contributed by atoms with Gasteiger partial charge in [-0.25, -0.2) is 0 Å². The van der Waals surface area contributed by atoms with Crippen molar-refractivity contribution in [2.24, 2.45) is 0 Å². The minimum Gasteiger partial charge on any atom is -0.337 e. The molecule has 5 heteroatoms. The second-order valence-corrected chi connectivity index (χ2v) is 6.82. The monoisotopic (exact) mass is 362 g/mol. The van der Waals surface area contributed by atoms with E-state index in [-0.39, 0.29) is 5.91 Å². The van der Waals surface area contributed by atoms with Gasteiger partial charge in [-0.3, -0.25) is 9.69 Å². The molecule has 1 amide bonds. The second-order valence-electron chi connectivity index (χ2n) is 6.00. The van der Waals surface area contributed by atoms with Crippen molar-refractivity contribution in [3.8, 4) is 0 Å². The van der Waals surface area contributed by atoms with E-state index in [4.69, 9.17) is 23.2 Å². The highest BCUT2D eigenvalue weighted by Gasteiger charge is 2.23. The Morgan fingerprint density at radius 2 is 1.58 bits per heavy atom. The van der Waals surface area contributed by atoms with E-state index in [0.29, 0.717) is 22.2 Å². The van der Waals surface area contributed by atoms with Crippen LogP contribution in [0.2, 0.25) is 10.0 Å². The number of carbonyl (C=O) groups is 1. The Hall–Kier alpha value is -1.55. The first-order valence-corrected chi connectivity index (χ1v) is 8.90. The Morgan fingerprint density at radius 3 is 2.29 bits per heavy atom. The van der Waals surface area contributed by atoms with Crippen LogP contribution in [0.4, 0.5) is 0 Å². The molecule has 0 aromatic heterocycles. The van der Waals surface area contributed by atoms with Crippen LogP contribution in [0.1, 0.15) is 22.3 Å². The fraction of sp³-hybridized carbons (Fsp3) is 0.316. The summed E-state index contributed by atoms with van der Waals surface area (Å²) in [6, 6.07) is 15.6. The van der Waals surface area contributed by atoms with E-state index in [1.807, 2.05) is 11.0 Å². The number of hydrogen-bond donors (Lipinski definition) is 0. The molecule has 126 valence electrons. The van der Waals surface area contributed by atoms with Crippen molar-refractivity contribution < 1.29 is 4.79 Å². The predicted octanol–water partition coefficient (Wildman–Crippen LogP) is 4.34. The summed E-state index contributed by atoms with van der Waals surface area (Å²) in [6.07, 6.45) is 0.945. The van der Waals surface area contributed by atoms with E-state index in [1.165, 1.54) is 5.56 Å². The zero-order chi connectivity index (χ0) is 16.9. The van der Waals surface area contributed by atoms with Crippen LogP contribution in [-0.4, -0.2) is 41.9 Å². The minimum absolute atomic E-state index is 0.0767. The van der Waals surface area contributed by atoms with Crippen molar-refractivity contribution >= 4 is 29.1 Å². The third-order valence-corrected chi connectivity index (χ3v) is 4.93. The molecule has 0 aliphatic carbocycles. The van der Waals surface area contributed by atoms with Crippen LogP contribution in [-0.2, 0) is 6.54 Å². The highest BCUT2D eigenvalue weighted by atomic mass is 35.5. The molecule has 1 aliphatic heterocycles. The largest absolute Gasteiger partial charge is 0.337 e. The van der Waals surface area contributed by atoms with Crippen LogP contribution >= 0.6 is 23.2 Å². The van der Waals surface area contributed by atoms with Crippen LogP contribution < -0.4 is 0 Å². The molecule has 1 fully saturated rings. The van der Waals surface area contributed by atoms with Crippen molar-refractivity contribution in [3.63, 3.8) is 0 Å². The summed E-state index contributed by atoms with van der Waals surface area (Å²) >= 11 is 12.4. The standard InChI is InChI=1S/C19H20Cl2N2O/c20-16-8-4-9-17(21)18(16)19(24)23-11-5-10-22(12-13-23)14-15-6-2-1-3-7-15/h1-4,6-9H,5,10-14H2. The van der Waals surface area contributed by atoms with E-state index in [0.717, 1.165) is 32.6 Å². The molecular weight excluding hydrogens is 343 g/mol. The molecule has 0 bridgehead atoms. The number of halogens is 2. The van der Waals surface area contributed by atoms with Crippen LogP contribution in [0.15, 0.2) is 48.5 Å². The quantitative estimate of drug-likeness (QED) is 0.810. The molecule has 1 heterocycles. The predicted molar refractivity (Wildman–Crippen MR) is 98.7 cm³/mol. The molecule has 0 radical (unpaired) electrons. The molecule has 0 unspecified atom stereocenters. The lowest BCUT2D eigenvalue weighted by Gasteiger charge is -2.23. The number of nitrogens with zero attached hydrogens (tertiary/aromatic N) is 2. The maximum Gasteiger partial charge on any atom is 0.256 e. The fourth-order valence-corrected chi connectivity index (χ4v) is 3.59. The zero-order valence-electron chi connectivity index (χ0n) is 13.4. The van der Waals surface area contributed by atoms with Crippen LogP contribution in [0, 0.1) is 0 Å². The number of hydrogen-bond acceptors (Lipinski definition) is 2. The van der Waals surface area contributed by atoms with Gasteiger partial charge >= 0.3 is 0 Å². The van der Waals surface area contributed by atoms with Gasteiger partial charge in [0.15, 0.2) is 0 Å². The van der Waals surface area contributed by atoms with Crippen LogP contribution in [0.25, 0.3) is 0 Å². The van der Waals surface area contributed by atoms with Gasteiger partial charge in [0, 0.05) is 32.7 Å². The Bertz CT molecular complexity index is 686. The highest BCUT2D eigenvalue weighted by molar-refractivity contribution is 6.39. The third kappa shape index (κ3) is 4.10. The normalized spacial score (nSPS) is 16.0. The summed E-state index contributed by atoms with van der Waals surface area (Å²) in [7, 11) is 0. The first kappa shape index (κ1) is 17.3. The number of rotatable bonds is 3. The summed E-state index contributed by atoms with van der Waals surface area (Å²) in [4.78, 5) is 17.0. The summed E-state index contributed by atoms with van der Waals surface area (Å²) < 4.78 is 0. The molecule has 0 saturated carbocycles. The molecule has 0 spiro atoms. The SMILES string of the molecule is O=C(c1c(Cl)cccc1Cl)N1CCCN(Cc2ccccc2)CC1. The smallest absolute Gasteiger partial charge is 0.256 e. The van der Waals surface area contributed by atoms with E-state index in [2.05, 4.69) is 29.2 Å². The Morgan fingerprint density at radius 1 is 0.875 bits per heavy atom. The summed E-state index contributed by atoms with van der Waals surface area (Å²) in [5.41, 5.74) is 1.71. The molecule has 1 saturated heterocycles. The molecule has 2 aromatic carbocycles. The van der Waals surface area contributed by atoms with Gasteiger partial charge in [-0.15, -0.1) is 0 Å². The van der Waals surface area contributed by atoms with Gasteiger partial charge in [-0.05, 0) is 24.1 Å². The summed E-state index contributed by atoms with van der Waals surface area (Å²) in [5.74, 6) is -0.0767. The summed E-state index contributed by atoms with van der Waals surface area (Å²) in [5, 5.41) is 0.829. The first-order valence-electron chi connectivity index (χ1n) is 8.15. The second kappa shape index (κ2) is 8.02. The maximum absolute atomic E-state index is 12.8. The molecule has 0 atom stereocenters. The van der Waals surface area contributed by atoms with Crippen molar-refractivity contribution in [2.45, 2.75) is 13.0 Å². The third-order valence-electron chi connectivity index (χ3n) is 4.30. The van der Waals surface area contributed by atoms with Gasteiger partial charge in [0.25, 0.3) is 5.91 Å². The van der Waals surface area contributed by atoms with Gasteiger partial charge in [0.1, 0.15) is 0 Å². The number of amides is 1. The fourth-order valence-electron chi connectivity index (χ4n) is 3.03. The zero-order valence-corrected chi connectivity index (χ0v) is 14.9. The molecule has 3 rings (SSSR count). The van der Waals surface area contributed by atoms with E-state index >= 15 is 0 Å². The van der Waals surface area contributed by atoms with E-state index < -0.39 is 0 Å². The lowest BCUT2D eigenvalue weighted by Crippen LogP contribution is -2.35.